The van der Waals surface area contributed by atoms with Crippen LogP contribution in [-0.2, 0) is 22.4 Å². The van der Waals surface area contributed by atoms with Gasteiger partial charge in [-0.25, -0.2) is 14.8 Å². The number of aryl methyl sites for hydroxylation is 1. The number of rotatable bonds is 4. The fourth-order valence-corrected chi connectivity index (χ4v) is 2.51. The molecule has 0 fully saturated rings. The van der Waals surface area contributed by atoms with Crippen molar-refractivity contribution < 1.29 is 4.21 Å². The van der Waals surface area contributed by atoms with Gasteiger partial charge >= 0.3 is 17.4 Å². The summed E-state index contributed by atoms with van der Waals surface area (Å²) in [4.78, 5) is 23.4. The Hall–Kier alpha value is -2.61. The quantitative estimate of drug-likeness (QED) is 0.706. The number of benzene rings is 1. The van der Waals surface area contributed by atoms with Crippen molar-refractivity contribution in [1.29, 1.82) is 0 Å². The number of hydrogen-bond acceptors (Lipinski definition) is 5. The van der Waals surface area contributed by atoms with Crippen LogP contribution in [0.15, 0.2) is 29.1 Å². The van der Waals surface area contributed by atoms with Crippen LogP contribution in [0.4, 0.5) is 5.82 Å². The molecule has 8 heteroatoms. The van der Waals surface area contributed by atoms with Gasteiger partial charge in [0.05, 0.1) is 6.54 Å². The number of hydrogen-bond donors (Lipinski definition) is 2. The summed E-state index contributed by atoms with van der Waals surface area (Å²) in [7, 11) is 0. The smallest absolute Gasteiger partial charge is 0.382 e. The van der Waals surface area contributed by atoms with E-state index >= 15 is 0 Å². The van der Waals surface area contributed by atoms with Crippen molar-refractivity contribution in [3.05, 3.63) is 51.7 Å². The number of H-pyrrole nitrogens is 1. The van der Waals surface area contributed by atoms with Gasteiger partial charge < -0.3 is 10.7 Å². The maximum atomic E-state index is 12.2. The standard InChI is InChI=1S/C15H15N5O2S/c1-8-3-5-10(6-4-8)7-20-14-11(17-15(20)21)12(16)18-13(19-14)9(2)23-22/h3-6,9H,7H2,1-2H3,(H2-,16,17,18,19,21)/p+1. The van der Waals surface area contributed by atoms with Gasteiger partial charge in [-0.2, -0.15) is 0 Å². The molecule has 0 aliphatic rings. The predicted octanol–water partition coefficient (Wildman–Crippen LogP) is 1.55. The van der Waals surface area contributed by atoms with E-state index in [1.54, 1.807) is 6.92 Å². The zero-order valence-corrected chi connectivity index (χ0v) is 13.6. The molecule has 23 heavy (non-hydrogen) atoms. The van der Waals surface area contributed by atoms with Gasteiger partial charge in [-0.3, -0.25) is 4.57 Å². The minimum atomic E-state index is -0.445. The second-order valence-electron chi connectivity index (χ2n) is 5.41. The van der Waals surface area contributed by atoms with Crippen LogP contribution in [0.3, 0.4) is 0 Å². The van der Waals surface area contributed by atoms with Gasteiger partial charge in [0.15, 0.2) is 17.3 Å². The number of imidazole rings is 1. The fourth-order valence-electron chi connectivity index (χ4n) is 2.32. The van der Waals surface area contributed by atoms with Crippen molar-refractivity contribution in [3.8, 4) is 0 Å². The van der Waals surface area contributed by atoms with Crippen LogP contribution >= 0.6 is 0 Å². The molecule has 1 atom stereocenters. The fraction of sp³-hybridized carbons (Fsp3) is 0.267. The number of nitrogens with zero attached hydrogens (tertiary/aromatic N) is 3. The molecule has 1 aromatic carbocycles. The normalized spacial score (nSPS) is 12.4. The zero-order chi connectivity index (χ0) is 16.6. The molecule has 0 saturated heterocycles. The summed E-state index contributed by atoms with van der Waals surface area (Å²) in [6, 6.07) is 7.89. The van der Waals surface area contributed by atoms with Crippen molar-refractivity contribution in [2.75, 3.05) is 5.73 Å². The van der Waals surface area contributed by atoms with E-state index < -0.39 is 5.25 Å². The molecule has 0 saturated carbocycles. The van der Waals surface area contributed by atoms with Crippen LogP contribution in [0.25, 0.3) is 11.2 Å². The molecule has 0 amide bonds. The second-order valence-corrected chi connectivity index (χ2v) is 6.31. The molecule has 0 bridgehead atoms. The summed E-state index contributed by atoms with van der Waals surface area (Å²) in [5.74, 6) is 0.498. The number of nitrogens with one attached hydrogen (secondary N) is 1. The molecule has 3 rings (SSSR count). The molecule has 2 aromatic heterocycles. The number of anilines is 1. The number of nitrogen functional groups attached to an aromatic ring is 1. The van der Waals surface area contributed by atoms with Gasteiger partial charge in [-0.1, -0.05) is 29.8 Å². The van der Waals surface area contributed by atoms with Gasteiger partial charge in [0.1, 0.15) is 5.52 Å². The molecule has 118 valence electrons. The molecule has 1 unspecified atom stereocenters. The minimum absolute atomic E-state index is 0.172. The molecular weight excluding hydrogens is 314 g/mol. The van der Waals surface area contributed by atoms with Crippen LogP contribution in [0.5, 0.6) is 0 Å². The monoisotopic (exact) mass is 330 g/mol. The summed E-state index contributed by atoms with van der Waals surface area (Å²) in [6.07, 6.45) is 0. The Kier molecular flexibility index (Phi) is 3.91. The van der Waals surface area contributed by atoms with Gasteiger partial charge in [0.25, 0.3) is 5.25 Å². The Labute approximate surface area is 136 Å². The van der Waals surface area contributed by atoms with E-state index in [1.807, 2.05) is 31.2 Å². The minimum Gasteiger partial charge on any atom is -0.382 e. The van der Waals surface area contributed by atoms with Crippen LogP contribution in [0.1, 0.15) is 29.1 Å². The Morgan fingerprint density at radius 2 is 2.00 bits per heavy atom. The van der Waals surface area contributed by atoms with E-state index in [4.69, 9.17) is 5.73 Å². The maximum Gasteiger partial charge on any atom is 0.470 e. The lowest BCUT2D eigenvalue weighted by Gasteiger charge is -2.05. The third kappa shape index (κ3) is 2.85. The summed E-state index contributed by atoms with van der Waals surface area (Å²) >= 11 is 0.385. The van der Waals surface area contributed by atoms with Crippen molar-refractivity contribution in [2.45, 2.75) is 25.6 Å². The Morgan fingerprint density at radius 1 is 1.30 bits per heavy atom. The van der Waals surface area contributed by atoms with Crippen molar-refractivity contribution >= 4 is 28.6 Å². The highest BCUT2D eigenvalue weighted by atomic mass is 32.1. The molecule has 0 aliphatic heterocycles. The van der Waals surface area contributed by atoms with E-state index in [0.29, 0.717) is 35.2 Å². The van der Waals surface area contributed by atoms with Gasteiger partial charge in [-0.05, 0) is 12.5 Å². The molecule has 7 nitrogen and oxygen atoms in total. The zero-order valence-electron chi connectivity index (χ0n) is 12.7. The number of aromatic amines is 1. The SMILES string of the molecule is Cc1ccc(Cn2c(=O)[nH]c3c(N)nc(C(C)[S+]=O)nc32)cc1. The molecular formula is C15H16N5O2S+. The van der Waals surface area contributed by atoms with Crippen molar-refractivity contribution in [1.82, 2.24) is 19.5 Å². The highest BCUT2D eigenvalue weighted by Gasteiger charge is 2.24. The molecule has 0 spiro atoms. The number of fused-ring (bicyclic) bond motifs is 1. The maximum absolute atomic E-state index is 12.2. The topological polar surface area (TPSA) is 107 Å². The first kappa shape index (κ1) is 15.3. The van der Waals surface area contributed by atoms with E-state index in [2.05, 4.69) is 15.0 Å². The lowest BCUT2D eigenvalue weighted by molar-refractivity contribution is 0.599. The summed E-state index contributed by atoms with van der Waals surface area (Å²) in [5, 5.41) is -0.445. The largest absolute Gasteiger partial charge is 0.470 e. The number of aromatic nitrogens is 4. The van der Waals surface area contributed by atoms with E-state index in [1.165, 1.54) is 4.57 Å². The lowest BCUT2D eigenvalue weighted by atomic mass is 10.1. The molecule has 3 N–H and O–H groups in total. The van der Waals surface area contributed by atoms with Crippen LogP contribution in [0, 0.1) is 6.92 Å². The summed E-state index contributed by atoms with van der Waals surface area (Å²) in [5.41, 5.74) is 8.53. The summed E-state index contributed by atoms with van der Waals surface area (Å²) < 4.78 is 12.5. The molecule has 0 aliphatic carbocycles. The van der Waals surface area contributed by atoms with Crippen molar-refractivity contribution in [3.63, 3.8) is 0 Å². The highest BCUT2D eigenvalue weighted by molar-refractivity contribution is 7.65. The predicted molar refractivity (Wildman–Crippen MR) is 89.3 cm³/mol. The van der Waals surface area contributed by atoms with Crippen LogP contribution in [0.2, 0.25) is 0 Å². The molecule has 0 radical (unpaired) electrons. The third-order valence-electron chi connectivity index (χ3n) is 3.64. The molecule has 3 aromatic rings. The Balaban J connectivity index is 2.14. The van der Waals surface area contributed by atoms with E-state index in [9.17, 15) is 9.00 Å². The first-order chi connectivity index (χ1) is 11.0. The average molecular weight is 330 g/mol. The molecule has 2 heterocycles. The van der Waals surface area contributed by atoms with E-state index in [-0.39, 0.29) is 11.5 Å². The van der Waals surface area contributed by atoms with Crippen LogP contribution in [-0.4, -0.2) is 19.5 Å². The van der Waals surface area contributed by atoms with Crippen molar-refractivity contribution in [2.24, 2.45) is 0 Å². The summed E-state index contributed by atoms with van der Waals surface area (Å²) in [6.45, 7) is 4.07. The Bertz CT molecular complexity index is 929. The Morgan fingerprint density at radius 3 is 2.65 bits per heavy atom. The van der Waals surface area contributed by atoms with Gasteiger partial charge in [-0.15, -0.1) is 0 Å². The first-order valence-corrected chi connectivity index (χ1v) is 7.90. The number of nitrogens with two attached hydrogens (primary N) is 1. The third-order valence-corrected chi connectivity index (χ3v) is 4.14. The lowest BCUT2D eigenvalue weighted by Crippen LogP contribution is -2.18. The average Bonchev–Trinajstić information content (AvgIpc) is 2.85. The first-order valence-electron chi connectivity index (χ1n) is 7.09. The van der Waals surface area contributed by atoms with Gasteiger partial charge in [0.2, 0.25) is 0 Å². The highest BCUT2D eigenvalue weighted by Crippen LogP contribution is 2.19. The second kappa shape index (κ2) is 5.88. The van der Waals surface area contributed by atoms with Crippen LogP contribution < -0.4 is 11.4 Å². The van der Waals surface area contributed by atoms with Gasteiger partial charge in [0, 0.05) is 11.1 Å². The van der Waals surface area contributed by atoms with E-state index in [0.717, 1.165) is 11.1 Å².